The van der Waals surface area contributed by atoms with Crippen LogP contribution in [-0.2, 0) is 6.54 Å². The van der Waals surface area contributed by atoms with Gasteiger partial charge in [0, 0.05) is 11.8 Å². The highest BCUT2D eigenvalue weighted by atomic mass is 16.7. The van der Waals surface area contributed by atoms with Gasteiger partial charge < -0.3 is 24.6 Å². The molecule has 144 valence electrons. The molecule has 0 radical (unpaired) electrons. The van der Waals surface area contributed by atoms with Crippen LogP contribution in [0.5, 0.6) is 17.2 Å². The highest BCUT2D eigenvalue weighted by Crippen LogP contribution is 2.34. The van der Waals surface area contributed by atoms with Crippen LogP contribution in [0.2, 0.25) is 0 Å². The first kappa shape index (κ1) is 17.8. The van der Waals surface area contributed by atoms with Crippen LogP contribution in [0.25, 0.3) is 0 Å². The predicted octanol–water partition coefficient (Wildman–Crippen LogP) is 2.00. The zero-order valence-electron chi connectivity index (χ0n) is 15.0. The first-order valence-corrected chi connectivity index (χ1v) is 8.55. The molecule has 1 aliphatic heterocycles. The Bertz CT molecular complexity index is 986. The number of nitrogens with zero attached hydrogens (tertiary/aromatic N) is 3. The van der Waals surface area contributed by atoms with E-state index in [1.807, 2.05) is 0 Å². The van der Waals surface area contributed by atoms with Crippen molar-refractivity contribution >= 4 is 11.6 Å². The van der Waals surface area contributed by atoms with E-state index in [4.69, 9.17) is 14.2 Å². The normalized spacial score (nSPS) is 13.2. The van der Waals surface area contributed by atoms with Gasteiger partial charge in [-0.2, -0.15) is 0 Å². The average molecular weight is 382 g/mol. The second-order valence-corrected chi connectivity index (χ2v) is 6.10. The van der Waals surface area contributed by atoms with Gasteiger partial charge in [-0.3, -0.25) is 4.79 Å². The summed E-state index contributed by atoms with van der Waals surface area (Å²) in [6.07, 6.45) is 0.610. The van der Waals surface area contributed by atoms with Gasteiger partial charge in [-0.1, -0.05) is 12.1 Å². The summed E-state index contributed by atoms with van der Waals surface area (Å²) in [5.74, 6) is 1.45. The molecule has 1 atom stereocenters. The van der Waals surface area contributed by atoms with Crippen molar-refractivity contribution in [1.29, 1.82) is 0 Å². The van der Waals surface area contributed by atoms with E-state index in [1.54, 1.807) is 49.6 Å². The van der Waals surface area contributed by atoms with Gasteiger partial charge >= 0.3 is 0 Å². The van der Waals surface area contributed by atoms with E-state index in [-0.39, 0.29) is 19.2 Å². The van der Waals surface area contributed by atoms with E-state index in [9.17, 15) is 9.90 Å². The Balaban J connectivity index is 1.39. The van der Waals surface area contributed by atoms with Crippen molar-refractivity contribution in [3.63, 3.8) is 0 Å². The maximum absolute atomic E-state index is 12.4. The van der Waals surface area contributed by atoms with Gasteiger partial charge in [0.2, 0.25) is 12.6 Å². The maximum Gasteiger partial charge on any atom is 0.295 e. The Morgan fingerprint density at radius 1 is 1.25 bits per heavy atom. The summed E-state index contributed by atoms with van der Waals surface area (Å²) < 4.78 is 17.0. The summed E-state index contributed by atoms with van der Waals surface area (Å²) in [5, 5.41) is 17.2. The predicted molar refractivity (Wildman–Crippen MR) is 98.5 cm³/mol. The molecule has 4 rings (SSSR count). The van der Waals surface area contributed by atoms with Crippen LogP contribution in [0.3, 0.4) is 0 Å². The van der Waals surface area contributed by atoms with E-state index in [0.717, 1.165) is 0 Å². The zero-order valence-corrected chi connectivity index (χ0v) is 15.0. The number of hydrogen-bond donors (Lipinski definition) is 2. The molecule has 0 fully saturated rings. The van der Waals surface area contributed by atoms with Gasteiger partial charge in [-0.25, -0.2) is 9.67 Å². The molecule has 9 nitrogen and oxygen atoms in total. The maximum atomic E-state index is 12.4. The van der Waals surface area contributed by atoms with Crippen molar-refractivity contribution in [2.75, 3.05) is 19.2 Å². The van der Waals surface area contributed by atoms with Crippen LogP contribution in [0.4, 0.5) is 5.69 Å². The molecular weight excluding hydrogens is 364 g/mol. The number of methoxy groups -OCH3 is 1. The van der Waals surface area contributed by atoms with Gasteiger partial charge in [0.1, 0.15) is 12.1 Å². The molecule has 28 heavy (non-hydrogen) atoms. The quantitative estimate of drug-likeness (QED) is 0.671. The van der Waals surface area contributed by atoms with E-state index in [0.29, 0.717) is 28.5 Å². The van der Waals surface area contributed by atoms with Crippen molar-refractivity contribution < 1.29 is 24.1 Å². The number of ether oxygens (including phenoxy) is 3. The number of amides is 1. The molecular formula is C19H18N4O5. The number of benzene rings is 2. The molecule has 3 aromatic rings. The zero-order chi connectivity index (χ0) is 19.5. The van der Waals surface area contributed by atoms with E-state index in [2.05, 4.69) is 15.4 Å². The number of aliphatic hydroxyl groups is 1. The second-order valence-electron chi connectivity index (χ2n) is 6.10. The molecule has 0 saturated heterocycles. The Hall–Kier alpha value is -3.59. The summed E-state index contributed by atoms with van der Waals surface area (Å²) in [7, 11) is 1.58. The standard InChI is InChI=1S/C19H18N4O5/c1-26-14-5-2-12(3-6-14)15(24)9-23-10-20-18(22-23)19(25)21-13-4-7-16-17(8-13)28-11-27-16/h2-8,10,15,24H,9,11H2,1H3,(H,21,25)/t15-/m1/s1. The minimum Gasteiger partial charge on any atom is -0.497 e. The largest absolute Gasteiger partial charge is 0.497 e. The minimum absolute atomic E-state index is 0.000372. The van der Waals surface area contributed by atoms with Crippen LogP contribution >= 0.6 is 0 Å². The lowest BCUT2D eigenvalue weighted by atomic mass is 10.1. The number of hydrogen-bond acceptors (Lipinski definition) is 7. The lowest BCUT2D eigenvalue weighted by Gasteiger charge is -2.11. The van der Waals surface area contributed by atoms with Crippen molar-refractivity contribution in [2.45, 2.75) is 12.6 Å². The monoisotopic (exact) mass is 382 g/mol. The van der Waals surface area contributed by atoms with Crippen LogP contribution < -0.4 is 19.5 Å². The lowest BCUT2D eigenvalue weighted by Crippen LogP contribution is -2.15. The smallest absolute Gasteiger partial charge is 0.295 e. The second kappa shape index (κ2) is 7.57. The first-order valence-electron chi connectivity index (χ1n) is 8.55. The lowest BCUT2D eigenvalue weighted by molar-refractivity contribution is 0.101. The van der Waals surface area contributed by atoms with Crippen LogP contribution in [0.15, 0.2) is 48.8 Å². The third-order valence-electron chi connectivity index (χ3n) is 4.23. The molecule has 2 aromatic carbocycles. The summed E-state index contributed by atoms with van der Waals surface area (Å²) in [4.78, 5) is 16.4. The fourth-order valence-electron chi connectivity index (χ4n) is 2.76. The highest BCUT2D eigenvalue weighted by molar-refractivity contribution is 6.01. The van der Waals surface area contributed by atoms with Crippen molar-refractivity contribution in [2.24, 2.45) is 0 Å². The topological polar surface area (TPSA) is 108 Å². The molecule has 0 unspecified atom stereocenters. The number of carbonyl (C=O) groups is 1. The fraction of sp³-hybridized carbons (Fsp3) is 0.211. The number of rotatable bonds is 6. The molecule has 1 aliphatic rings. The van der Waals surface area contributed by atoms with Crippen molar-refractivity contribution in [3.8, 4) is 17.2 Å². The number of fused-ring (bicyclic) bond motifs is 1. The summed E-state index contributed by atoms with van der Waals surface area (Å²) in [5.41, 5.74) is 1.26. The molecule has 0 saturated carbocycles. The average Bonchev–Trinajstić information content (AvgIpc) is 3.37. The SMILES string of the molecule is COc1ccc([C@H](O)Cn2cnc(C(=O)Nc3ccc4c(c3)OCO4)n2)cc1. The molecule has 0 aliphatic carbocycles. The van der Waals surface area contributed by atoms with Crippen LogP contribution in [-0.4, -0.2) is 39.7 Å². The Morgan fingerprint density at radius 2 is 2.04 bits per heavy atom. The van der Waals surface area contributed by atoms with Gasteiger partial charge in [-0.05, 0) is 29.8 Å². The first-order chi connectivity index (χ1) is 13.6. The Kier molecular flexibility index (Phi) is 4.81. The van der Waals surface area contributed by atoms with Gasteiger partial charge in [0.25, 0.3) is 5.91 Å². The number of nitrogens with one attached hydrogen (secondary N) is 1. The van der Waals surface area contributed by atoms with Gasteiger partial charge in [0.15, 0.2) is 11.5 Å². The number of anilines is 1. The molecule has 0 spiro atoms. The molecule has 2 N–H and O–H groups in total. The van der Waals surface area contributed by atoms with E-state index >= 15 is 0 Å². The third kappa shape index (κ3) is 3.74. The van der Waals surface area contributed by atoms with Crippen molar-refractivity contribution in [1.82, 2.24) is 14.8 Å². The Morgan fingerprint density at radius 3 is 2.82 bits per heavy atom. The van der Waals surface area contributed by atoms with Crippen LogP contribution in [0, 0.1) is 0 Å². The molecule has 1 amide bonds. The molecule has 9 heteroatoms. The highest BCUT2D eigenvalue weighted by Gasteiger charge is 2.17. The number of aromatic nitrogens is 3. The van der Waals surface area contributed by atoms with E-state index < -0.39 is 12.0 Å². The molecule has 1 aromatic heterocycles. The van der Waals surface area contributed by atoms with Gasteiger partial charge in [0.05, 0.1) is 19.8 Å². The Labute approximate surface area is 160 Å². The summed E-state index contributed by atoms with van der Waals surface area (Å²) in [6, 6.07) is 12.2. The fourth-order valence-corrected chi connectivity index (χ4v) is 2.76. The van der Waals surface area contributed by atoms with Crippen molar-refractivity contribution in [3.05, 3.63) is 60.2 Å². The molecule has 2 heterocycles. The number of aliphatic hydroxyl groups excluding tert-OH is 1. The summed E-state index contributed by atoms with van der Waals surface area (Å²) >= 11 is 0. The van der Waals surface area contributed by atoms with Crippen LogP contribution in [0.1, 0.15) is 22.3 Å². The van der Waals surface area contributed by atoms with E-state index in [1.165, 1.54) is 11.0 Å². The molecule has 0 bridgehead atoms. The third-order valence-corrected chi connectivity index (χ3v) is 4.23. The minimum atomic E-state index is -0.794. The van der Waals surface area contributed by atoms with Gasteiger partial charge in [-0.15, -0.1) is 5.10 Å². The number of carbonyl (C=O) groups excluding carboxylic acids is 1. The summed E-state index contributed by atoms with van der Waals surface area (Å²) in [6.45, 7) is 0.325.